The normalized spacial score (nSPS) is 9.83. The van der Waals surface area contributed by atoms with Crippen molar-refractivity contribution in [1.82, 2.24) is 15.3 Å². The quantitative estimate of drug-likeness (QED) is 0.385. The molecule has 1 heterocycles. The lowest BCUT2D eigenvalue weighted by Gasteiger charge is -2.05. The SMILES string of the molecule is COCCNC(=O)CNc1ncc([N+](=O)[O-])cn1. The van der Waals surface area contributed by atoms with E-state index in [1.165, 1.54) is 7.11 Å². The molecule has 0 spiro atoms. The average molecular weight is 255 g/mol. The van der Waals surface area contributed by atoms with Gasteiger partial charge in [-0.2, -0.15) is 0 Å². The minimum Gasteiger partial charge on any atom is -0.383 e. The van der Waals surface area contributed by atoms with E-state index in [9.17, 15) is 14.9 Å². The Morgan fingerprint density at radius 2 is 2.17 bits per heavy atom. The Labute approximate surface area is 103 Å². The molecule has 9 nitrogen and oxygen atoms in total. The van der Waals surface area contributed by atoms with Crippen molar-refractivity contribution in [3.8, 4) is 0 Å². The fraction of sp³-hybridized carbons (Fsp3) is 0.444. The molecular weight excluding hydrogens is 242 g/mol. The van der Waals surface area contributed by atoms with Crippen molar-refractivity contribution >= 4 is 17.5 Å². The van der Waals surface area contributed by atoms with Crippen LogP contribution in [-0.2, 0) is 9.53 Å². The highest BCUT2D eigenvalue weighted by molar-refractivity contribution is 5.80. The first-order valence-corrected chi connectivity index (χ1v) is 5.09. The highest BCUT2D eigenvalue weighted by atomic mass is 16.6. The molecule has 1 aromatic rings. The van der Waals surface area contributed by atoms with Crippen LogP contribution in [0.1, 0.15) is 0 Å². The number of amides is 1. The summed E-state index contributed by atoms with van der Waals surface area (Å²) in [6.45, 7) is 0.833. The van der Waals surface area contributed by atoms with Crippen molar-refractivity contribution in [2.75, 3.05) is 32.1 Å². The Morgan fingerprint density at radius 1 is 1.50 bits per heavy atom. The lowest BCUT2D eigenvalue weighted by molar-refractivity contribution is -0.385. The van der Waals surface area contributed by atoms with E-state index in [2.05, 4.69) is 20.6 Å². The molecule has 0 aliphatic rings. The number of methoxy groups -OCH3 is 1. The number of hydrogen-bond acceptors (Lipinski definition) is 7. The summed E-state index contributed by atoms with van der Waals surface area (Å²) in [5, 5.41) is 15.6. The standard InChI is InChI=1S/C9H13N5O4/c1-18-3-2-10-8(15)6-13-9-11-4-7(5-12-9)14(16)17/h4-5H,2-3,6H2,1H3,(H,10,15)(H,11,12,13). The first-order valence-electron chi connectivity index (χ1n) is 5.09. The van der Waals surface area contributed by atoms with Gasteiger partial charge in [-0.15, -0.1) is 0 Å². The van der Waals surface area contributed by atoms with Gasteiger partial charge < -0.3 is 15.4 Å². The molecule has 2 N–H and O–H groups in total. The maximum absolute atomic E-state index is 11.3. The maximum Gasteiger partial charge on any atom is 0.305 e. The zero-order chi connectivity index (χ0) is 13.4. The van der Waals surface area contributed by atoms with Crippen LogP contribution in [0.15, 0.2) is 12.4 Å². The summed E-state index contributed by atoms with van der Waals surface area (Å²) in [7, 11) is 1.54. The van der Waals surface area contributed by atoms with Gasteiger partial charge in [0.05, 0.1) is 18.1 Å². The maximum atomic E-state index is 11.3. The van der Waals surface area contributed by atoms with Crippen molar-refractivity contribution in [3.63, 3.8) is 0 Å². The first kappa shape index (κ1) is 13.8. The largest absolute Gasteiger partial charge is 0.383 e. The van der Waals surface area contributed by atoms with Gasteiger partial charge in [-0.3, -0.25) is 14.9 Å². The van der Waals surface area contributed by atoms with E-state index in [4.69, 9.17) is 4.74 Å². The van der Waals surface area contributed by atoms with Crippen LogP contribution >= 0.6 is 0 Å². The second-order valence-electron chi connectivity index (χ2n) is 3.22. The van der Waals surface area contributed by atoms with Gasteiger partial charge >= 0.3 is 5.69 Å². The van der Waals surface area contributed by atoms with Gasteiger partial charge in [0.1, 0.15) is 12.4 Å². The van der Waals surface area contributed by atoms with Crippen LogP contribution in [0.25, 0.3) is 0 Å². The monoisotopic (exact) mass is 255 g/mol. The Kier molecular flexibility index (Phi) is 5.45. The van der Waals surface area contributed by atoms with Crippen LogP contribution in [0.3, 0.4) is 0 Å². The second-order valence-corrected chi connectivity index (χ2v) is 3.22. The highest BCUT2D eigenvalue weighted by Crippen LogP contribution is 2.07. The van der Waals surface area contributed by atoms with Crippen molar-refractivity contribution in [1.29, 1.82) is 0 Å². The number of rotatable bonds is 7. The molecule has 0 aliphatic heterocycles. The Balaban J connectivity index is 2.34. The van der Waals surface area contributed by atoms with Crippen LogP contribution in [-0.4, -0.2) is 47.6 Å². The Bertz CT molecular complexity index is 408. The molecule has 98 valence electrons. The van der Waals surface area contributed by atoms with E-state index in [0.717, 1.165) is 12.4 Å². The van der Waals surface area contributed by atoms with Crippen LogP contribution in [0, 0.1) is 10.1 Å². The smallest absolute Gasteiger partial charge is 0.305 e. The van der Waals surface area contributed by atoms with E-state index >= 15 is 0 Å². The molecule has 0 aromatic carbocycles. The van der Waals surface area contributed by atoms with Crippen molar-refractivity contribution in [3.05, 3.63) is 22.5 Å². The summed E-state index contributed by atoms with van der Waals surface area (Å²) in [4.78, 5) is 28.4. The summed E-state index contributed by atoms with van der Waals surface area (Å²) in [5.74, 6) is -0.0866. The number of aromatic nitrogens is 2. The lowest BCUT2D eigenvalue weighted by Crippen LogP contribution is -2.32. The number of nitrogens with zero attached hydrogens (tertiary/aromatic N) is 3. The molecule has 0 saturated carbocycles. The molecule has 1 rings (SSSR count). The van der Waals surface area contributed by atoms with Crippen molar-refractivity contribution in [2.24, 2.45) is 0 Å². The lowest BCUT2D eigenvalue weighted by atomic mass is 10.5. The highest BCUT2D eigenvalue weighted by Gasteiger charge is 2.07. The topological polar surface area (TPSA) is 119 Å². The number of anilines is 1. The van der Waals surface area contributed by atoms with E-state index in [-0.39, 0.29) is 24.1 Å². The summed E-state index contributed by atoms with van der Waals surface area (Å²) in [6.07, 6.45) is 2.14. The number of ether oxygens (including phenoxy) is 1. The number of carbonyl (C=O) groups is 1. The van der Waals surface area contributed by atoms with Crippen molar-refractivity contribution in [2.45, 2.75) is 0 Å². The van der Waals surface area contributed by atoms with Gasteiger partial charge in [-0.25, -0.2) is 9.97 Å². The molecular formula is C9H13N5O4. The number of nitro groups is 1. The predicted molar refractivity (Wildman–Crippen MR) is 62.1 cm³/mol. The average Bonchev–Trinajstić information content (AvgIpc) is 2.37. The van der Waals surface area contributed by atoms with Crippen LogP contribution in [0.2, 0.25) is 0 Å². The predicted octanol–water partition coefficient (Wildman–Crippen LogP) is -0.441. The zero-order valence-corrected chi connectivity index (χ0v) is 9.75. The second kappa shape index (κ2) is 7.12. The summed E-state index contributed by atoms with van der Waals surface area (Å²) < 4.78 is 4.77. The molecule has 0 unspecified atom stereocenters. The van der Waals surface area contributed by atoms with Crippen molar-refractivity contribution < 1.29 is 14.5 Å². The summed E-state index contributed by atoms with van der Waals surface area (Å²) >= 11 is 0. The third-order valence-electron chi connectivity index (χ3n) is 1.88. The molecule has 0 aliphatic carbocycles. The first-order chi connectivity index (χ1) is 8.63. The minimum absolute atomic E-state index is 0.0124. The Morgan fingerprint density at radius 3 is 2.72 bits per heavy atom. The van der Waals surface area contributed by atoms with Gasteiger partial charge in [-0.1, -0.05) is 0 Å². The fourth-order valence-electron chi connectivity index (χ4n) is 1.02. The molecule has 1 amide bonds. The minimum atomic E-state index is -0.596. The summed E-state index contributed by atoms with van der Waals surface area (Å²) in [5.41, 5.74) is -0.204. The van der Waals surface area contributed by atoms with Gasteiger partial charge in [0.2, 0.25) is 11.9 Å². The molecule has 1 aromatic heterocycles. The third kappa shape index (κ3) is 4.70. The van der Waals surface area contributed by atoms with E-state index in [1.54, 1.807) is 0 Å². The molecule has 0 saturated heterocycles. The van der Waals surface area contributed by atoms with Gasteiger partial charge in [-0.05, 0) is 0 Å². The van der Waals surface area contributed by atoms with E-state index in [0.29, 0.717) is 13.2 Å². The van der Waals surface area contributed by atoms with Gasteiger partial charge in [0, 0.05) is 13.7 Å². The van der Waals surface area contributed by atoms with Crippen LogP contribution in [0.4, 0.5) is 11.6 Å². The van der Waals surface area contributed by atoms with Crippen LogP contribution in [0.5, 0.6) is 0 Å². The fourth-order valence-corrected chi connectivity index (χ4v) is 1.02. The molecule has 0 atom stereocenters. The van der Waals surface area contributed by atoms with E-state index in [1.807, 2.05) is 0 Å². The van der Waals surface area contributed by atoms with Gasteiger partial charge in [0.15, 0.2) is 0 Å². The molecule has 18 heavy (non-hydrogen) atoms. The molecule has 0 radical (unpaired) electrons. The molecule has 9 heteroatoms. The number of hydrogen-bond donors (Lipinski definition) is 2. The Hall–Kier alpha value is -2.29. The summed E-state index contributed by atoms with van der Waals surface area (Å²) in [6, 6.07) is 0. The third-order valence-corrected chi connectivity index (χ3v) is 1.88. The molecule has 0 bridgehead atoms. The van der Waals surface area contributed by atoms with E-state index < -0.39 is 4.92 Å². The zero-order valence-electron chi connectivity index (χ0n) is 9.75. The number of nitrogens with one attached hydrogen (secondary N) is 2. The van der Waals surface area contributed by atoms with Gasteiger partial charge in [0.25, 0.3) is 0 Å². The van der Waals surface area contributed by atoms with Crippen LogP contribution < -0.4 is 10.6 Å². The molecule has 0 fully saturated rings. The number of carbonyl (C=O) groups excluding carboxylic acids is 1.